The molecule has 2 rings (SSSR count). The number of hydrogen-bond acceptors (Lipinski definition) is 3. The first-order valence-electron chi connectivity index (χ1n) is 7.49. The summed E-state index contributed by atoms with van der Waals surface area (Å²) >= 11 is 0. The number of carbonyl (C=O) groups excluding carboxylic acids is 1. The Morgan fingerprint density at radius 2 is 1.96 bits per heavy atom. The van der Waals surface area contributed by atoms with Crippen LogP contribution in [0.15, 0.2) is 34.7 Å². The molecular weight excluding hydrogens is 294 g/mol. The van der Waals surface area contributed by atoms with E-state index in [1.165, 1.54) is 11.6 Å². The van der Waals surface area contributed by atoms with Gasteiger partial charge in [0.15, 0.2) is 0 Å². The molecule has 0 fully saturated rings. The van der Waals surface area contributed by atoms with Crippen molar-refractivity contribution >= 4 is 11.9 Å². The summed E-state index contributed by atoms with van der Waals surface area (Å²) in [6, 6.07) is 9.56. The third-order valence-electron chi connectivity index (χ3n) is 3.73. The lowest BCUT2D eigenvalue weighted by molar-refractivity contribution is -0.130. The molecule has 0 aliphatic carbocycles. The summed E-state index contributed by atoms with van der Waals surface area (Å²) in [6.45, 7) is 3.89. The van der Waals surface area contributed by atoms with Crippen molar-refractivity contribution < 1.29 is 19.1 Å². The van der Waals surface area contributed by atoms with Gasteiger partial charge in [-0.05, 0) is 31.9 Å². The van der Waals surface area contributed by atoms with Gasteiger partial charge in [-0.2, -0.15) is 0 Å². The lowest BCUT2D eigenvalue weighted by Crippen LogP contribution is -2.26. The maximum atomic E-state index is 12.2. The van der Waals surface area contributed by atoms with Gasteiger partial charge in [0.05, 0.1) is 6.54 Å². The second-order valence-corrected chi connectivity index (χ2v) is 5.73. The van der Waals surface area contributed by atoms with Gasteiger partial charge < -0.3 is 14.4 Å². The van der Waals surface area contributed by atoms with Crippen molar-refractivity contribution in [1.82, 2.24) is 4.90 Å². The minimum atomic E-state index is -1.02. The van der Waals surface area contributed by atoms with Crippen LogP contribution in [0.2, 0.25) is 0 Å². The zero-order chi connectivity index (χ0) is 17.0. The lowest BCUT2D eigenvalue weighted by Gasteiger charge is -2.15. The molecule has 1 heterocycles. The van der Waals surface area contributed by atoms with Crippen molar-refractivity contribution in [3.63, 3.8) is 0 Å². The highest BCUT2D eigenvalue weighted by atomic mass is 16.4. The second kappa shape index (κ2) is 7.13. The molecule has 5 nitrogen and oxygen atoms in total. The molecular formula is C18H21NO4. The van der Waals surface area contributed by atoms with E-state index in [2.05, 4.69) is 6.07 Å². The molecule has 0 aliphatic rings. The van der Waals surface area contributed by atoms with E-state index in [1.807, 2.05) is 25.1 Å². The molecule has 0 atom stereocenters. The van der Waals surface area contributed by atoms with E-state index in [4.69, 9.17) is 9.52 Å². The molecule has 122 valence electrons. The smallest absolute Gasteiger partial charge is 0.339 e. The maximum Gasteiger partial charge on any atom is 0.339 e. The molecule has 5 heteroatoms. The lowest BCUT2D eigenvalue weighted by atomic mass is 10.1. The van der Waals surface area contributed by atoms with Gasteiger partial charge in [0, 0.05) is 13.5 Å². The number of amides is 1. The molecule has 0 aliphatic heterocycles. The molecule has 2 aromatic rings. The van der Waals surface area contributed by atoms with Gasteiger partial charge in [0.1, 0.15) is 17.1 Å². The number of benzene rings is 1. The van der Waals surface area contributed by atoms with Crippen molar-refractivity contribution in [3.8, 4) is 0 Å². The van der Waals surface area contributed by atoms with Crippen molar-refractivity contribution in [3.05, 3.63) is 58.5 Å². The number of carboxylic acids is 1. The first kappa shape index (κ1) is 16.8. The summed E-state index contributed by atoms with van der Waals surface area (Å²) in [5, 5.41) is 9.01. The summed E-state index contributed by atoms with van der Waals surface area (Å²) < 4.78 is 5.40. The number of rotatable bonds is 6. The number of nitrogens with zero attached hydrogens (tertiary/aromatic N) is 1. The van der Waals surface area contributed by atoms with Gasteiger partial charge in [-0.25, -0.2) is 4.79 Å². The highest BCUT2D eigenvalue weighted by Gasteiger charge is 2.16. The van der Waals surface area contributed by atoms with Crippen molar-refractivity contribution in [2.24, 2.45) is 0 Å². The van der Waals surface area contributed by atoms with E-state index < -0.39 is 5.97 Å². The quantitative estimate of drug-likeness (QED) is 0.888. The van der Waals surface area contributed by atoms with E-state index in [0.29, 0.717) is 24.4 Å². The van der Waals surface area contributed by atoms with E-state index >= 15 is 0 Å². The molecule has 1 amide bonds. The minimum absolute atomic E-state index is 0.00238. The Morgan fingerprint density at radius 1 is 1.22 bits per heavy atom. The summed E-state index contributed by atoms with van der Waals surface area (Å²) in [6.07, 6.45) is 1.09. The second-order valence-electron chi connectivity index (χ2n) is 5.73. The highest BCUT2D eigenvalue weighted by Crippen LogP contribution is 2.16. The number of hydrogen-bond donors (Lipinski definition) is 1. The van der Waals surface area contributed by atoms with Crippen molar-refractivity contribution in [1.29, 1.82) is 0 Å². The largest absolute Gasteiger partial charge is 0.478 e. The number of aryl methyl sites for hydroxylation is 3. The third kappa shape index (κ3) is 4.45. The molecule has 0 unspecified atom stereocenters. The van der Waals surface area contributed by atoms with Crippen LogP contribution >= 0.6 is 0 Å². The first-order chi connectivity index (χ1) is 10.9. The molecule has 1 aromatic heterocycles. The Bertz CT molecular complexity index is 718. The van der Waals surface area contributed by atoms with E-state index in [0.717, 1.165) is 5.56 Å². The molecule has 0 radical (unpaired) electrons. The number of furan rings is 1. The molecule has 1 N–H and O–H groups in total. The summed E-state index contributed by atoms with van der Waals surface area (Å²) in [4.78, 5) is 24.8. The molecule has 0 bridgehead atoms. The average Bonchev–Trinajstić information content (AvgIpc) is 2.85. The van der Waals surface area contributed by atoms with Crippen LogP contribution in [0.4, 0.5) is 0 Å². The molecule has 1 aromatic carbocycles. The van der Waals surface area contributed by atoms with Crippen molar-refractivity contribution in [2.75, 3.05) is 7.05 Å². The first-order valence-corrected chi connectivity index (χ1v) is 7.49. The molecule has 0 saturated carbocycles. The van der Waals surface area contributed by atoms with E-state index in [-0.39, 0.29) is 18.0 Å². The Balaban J connectivity index is 1.92. The van der Waals surface area contributed by atoms with Gasteiger partial charge >= 0.3 is 5.97 Å². The monoisotopic (exact) mass is 315 g/mol. The van der Waals surface area contributed by atoms with Crippen LogP contribution in [-0.2, 0) is 17.8 Å². The van der Waals surface area contributed by atoms with E-state index in [9.17, 15) is 9.59 Å². The van der Waals surface area contributed by atoms with Crippen LogP contribution in [0.5, 0.6) is 0 Å². The van der Waals surface area contributed by atoms with Crippen LogP contribution in [0, 0.1) is 13.8 Å². The topological polar surface area (TPSA) is 70.8 Å². The number of carboxylic acid groups (broad SMARTS) is 1. The molecule has 0 spiro atoms. The molecule has 0 saturated heterocycles. The minimum Gasteiger partial charge on any atom is -0.478 e. The Hall–Kier alpha value is -2.56. The van der Waals surface area contributed by atoms with Crippen LogP contribution < -0.4 is 0 Å². The fraction of sp³-hybridized carbons (Fsp3) is 0.333. The summed E-state index contributed by atoms with van der Waals surface area (Å²) in [5.41, 5.74) is 2.45. The third-order valence-corrected chi connectivity index (χ3v) is 3.73. The van der Waals surface area contributed by atoms with Gasteiger partial charge in [-0.1, -0.05) is 29.8 Å². The van der Waals surface area contributed by atoms with Crippen molar-refractivity contribution in [2.45, 2.75) is 33.2 Å². The number of aromatic carboxylic acids is 1. The predicted octanol–water partition coefficient (Wildman–Crippen LogP) is 3.19. The SMILES string of the molecule is Cc1cccc(CCC(=O)N(C)Cc2cc(C(=O)O)c(C)o2)c1. The highest BCUT2D eigenvalue weighted by molar-refractivity contribution is 5.88. The predicted molar refractivity (Wildman–Crippen MR) is 86.4 cm³/mol. The summed E-state index contributed by atoms with van der Waals surface area (Å²) in [7, 11) is 1.69. The van der Waals surface area contributed by atoms with Gasteiger partial charge in [-0.3, -0.25) is 4.79 Å². The standard InChI is InChI=1S/C18H21NO4/c1-12-5-4-6-14(9-12)7-8-17(20)19(3)11-15-10-16(18(21)22)13(2)23-15/h4-6,9-10H,7-8,11H2,1-3H3,(H,21,22). The van der Waals surface area contributed by atoms with Crippen LogP contribution in [0.1, 0.15) is 39.4 Å². The van der Waals surface area contributed by atoms with Gasteiger partial charge in [0.2, 0.25) is 5.91 Å². The average molecular weight is 315 g/mol. The maximum absolute atomic E-state index is 12.2. The Morgan fingerprint density at radius 3 is 2.57 bits per heavy atom. The van der Waals surface area contributed by atoms with Gasteiger partial charge in [-0.15, -0.1) is 0 Å². The zero-order valence-corrected chi connectivity index (χ0v) is 13.6. The number of carbonyl (C=O) groups is 2. The van der Waals surface area contributed by atoms with Crippen LogP contribution in [0.3, 0.4) is 0 Å². The fourth-order valence-corrected chi connectivity index (χ4v) is 2.47. The van der Waals surface area contributed by atoms with Crippen LogP contribution in [-0.4, -0.2) is 28.9 Å². The Labute approximate surface area is 135 Å². The van der Waals surface area contributed by atoms with Gasteiger partial charge in [0.25, 0.3) is 0 Å². The zero-order valence-electron chi connectivity index (χ0n) is 13.6. The molecule has 23 heavy (non-hydrogen) atoms. The fourth-order valence-electron chi connectivity index (χ4n) is 2.47. The Kier molecular flexibility index (Phi) is 5.21. The van der Waals surface area contributed by atoms with E-state index in [1.54, 1.807) is 18.9 Å². The summed E-state index contributed by atoms with van der Waals surface area (Å²) in [5.74, 6) is -0.192. The van der Waals surface area contributed by atoms with Crippen LogP contribution in [0.25, 0.3) is 0 Å². The normalized spacial score (nSPS) is 10.6.